The molecule has 2 aromatic rings. The van der Waals surface area contributed by atoms with Gasteiger partial charge < -0.3 is 23.7 Å². The van der Waals surface area contributed by atoms with Gasteiger partial charge in [0.15, 0.2) is 0 Å². The van der Waals surface area contributed by atoms with Gasteiger partial charge in [-0.05, 0) is 118 Å². The number of aromatic nitrogens is 1. The summed E-state index contributed by atoms with van der Waals surface area (Å²) in [6, 6.07) is 6.80. The molecule has 0 aliphatic carbocycles. The predicted octanol–water partition coefficient (Wildman–Crippen LogP) is 8.03. The van der Waals surface area contributed by atoms with Gasteiger partial charge in [0.25, 0.3) is 5.91 Å². The van der Waals surface area contributed by atoms with Crippen molar-refractivity contribution in [1.29, 1.82) is 0 Å². The van der Waals surface area contributed by atoms with Crippen molar-refractivity contribution in [1.82, 2.24) is 14.4 Å². The SMILES string of the molecule is COC(=O)/C(=C\CCN(C(=O)OC(C)(C)C)C(=O)c1c(I)c2ccccc2n1C(=O)OC(C)(C)C)N(C(=O)OC(C)(C)C)C(=O)OC(C)(C)C. The van der Waals surface area contributed by atoms with Crippen LogP contribution in [0, 0.1) is 3.57 Å². The summed E-state index contributed by atoms with van der Waals surface area (Å²) >= 11 is 1.93. The fraction of sp³-hybridized carbons (Fsp3) is 0.543. The molecule has 2 rings (SSSR count). The number of amides is 4. The molecule has 0 aliphatic heterocycles. The number of nitrogens with zero attached hydrogens (tertiary/aromatic N) is 3. The number of hydrogen-bond donors (Lipinski definition) is 0. The molecule has 1 aromatic carbocycles. The molecular formula is C35H48IN3O11. The first kappa shape index (κ1) is 42.0. The quantitative estimate of drug-likeness (QED) is 0.120. The Bertz CT molecular complexity index is 1640. The molecule has 1 aromatic heterocycles. The van der Waals surface area contributed by atoms with Gasteiger partial charge in [-0.1, -0.05) is 24.3 Å². The maximum atomic E-state index is 14.4. The number of benzene rings is 1. The fourth-order valence-corrected chi connectivity index (χ4v) is 5.12. The summed E-state index contributed by atoms with van der Waals surface area (Å²) in [6.07, 6.45) is -3.50. The number of carbonyl (C=O) groups excluding carboxylic acids is 6. The average Bonchev–Trinajstić information content (AvgIpc) is 3.22. The molecule has 1 heterocycles. The minimum atomic E-state index is -1.22. The normalized spacial score (nSPS) is 12.6. The van der Waals surface area contributed by atoms with Crippen molar-refractivity contribution in [2.45, 2.75) is 112 Å². The van der Waals surface area contributed by atoms with Gasteiger partial charge in [0.1, 0.15) is 33.8 Å². The number of para-hydroxylation sites is 1. The molecule has 0 N–H and O–H groups in total. The van der Waals surface area contributed by atoms with E-state index in [-0.39, 0.29) is 12.1 Å². The van der Waals surface area contributed by atoms with Crippen molar-refractivity contribution in [2.75, 3.05) is 13.7 Å². The van der Waals surface area contributed by atoms with Crippen LogP contribution in [0.15, 0.2) is 36.0 Å². The number of carbonyl (C=O) groups is 6. The minimum absolute atomic E-state index is 0.159. The molecule has 0 radical (unpaired) electrons. The van der Waals surface area contributed by atoms with Gasteiger partial charge in [-0.15, -0.1) is 0 Å². The third kappa shape index (κ3) is 11.7. The number of methoxy groups -OCH3 is 1. The first-order valence-electron chi connectivity index (χ1n) is 15.8. The van der Waals surface area contributed by atoms with Crippen molar-refractivity contribution in [3.8, 4) is 0 Å². The largest absolute Gasteiger partial charge is 0.464 e. The third-order valence-corrected chi connectivity index (χ3v) is 7.02. The Morgan fingerprint density at radius 3 is 1.64 bits per heavy atom. The Labute approximate surface area is 306 Å². The highest BCUT2D eigenvalue weighted by molar-refractivity contribution is 14.1. The second-order valence-electron chi connectivity index (χ2n) is 15.1. The number of imide groups is 2. The van der Waals surface area contributed by atoms with Gasteiger partial charge in [-0.2, -0.15) is 4.90 Å². The molecule has 0 fully saturated rings. The van der Waals surface area contributed by atoms with Crippen LogP contribution in [0.5, 0.6) is 0 Å². The molecule has 14 nitrogen and oxygen atoms in total. The smallest absolute Gasteiger partial charge is 0.424 e. The van der Waals surface area contributed by atoms with Crippen molar-refractivity contribution in [3.63, 3.8) is 0 Å². The molecule has 276 valence electrons. The van der Waals surface area contributed by atoms with Gasteiger partial charge in [-0.25, -0.2) is 33.4 Å². The number of hydrogen-bond acceptors (Lipinski definition) is 11. The molecule has 0 saturated carbocycles. The Morgan fingerprint density at radius 2 is 1.18 bits per heavy atom. The van der Waals surface area contributed by atoms with Crippen LogP contribution >= 0.6 is 22.6 Å². The minimum Gasteiger partial charge on any atom is -0.464 e. The van der Waals surface area contributed by atoms with Crippen molar-refractivity contribution >= 4 is 69.7 Å². The second kappa shape index (κ2) is 15.8. The van der Waals surface area contributed by atoms with E-state index in [9.17, 15) is 28.8 Å². The van der Waals surface area contributed by atoms with Gasteiger partial charge >= 0.3 is 30.3 Å². The summed E-state index contributed by atoms with van der Waals surface area (Å²) < 4.78 is 28.3. The monoisotopic (exact) mass is 813 g/mol. The van der Waals surface area contributed by atoms with Gasteiger partial charge in [0.05, 0.1) is 16.2 Å². The van der Waals surface area contributed by atoms with E-state index >= 15 is 0 Å². The topological polar surface area (TPSA) is 160 Å². The van der Waals surface area contributed by atoms with E-state index in [1.807, 2.05) is 22.6 Å². The Kier molecular flexibility index (Phi) is 13.3. The first-order chi connectivity index (χ1) is 22.7. The van der Waals surface area contributed by atoms with Crippen LogP contribution in [-0.2, 0) is 28.5 Å². The lowest BCUT2D eigenvalue weighted by molar-refractivity contribution is -0.138. The maximum absolute atomic E-state index is 14.4. The Balaban J connectivity index is 2.73. The number of ether oxygens (including phenoxy) is 5. The van der Waals surface area contributed by atoms with E-state index in [1.54, 1.807) is 107 Å². The van der Waals surface area contributed by atoms with Gasteiger partial charge in [0, 0.05) is 11.9 Å². The van der Waals surface area contributed by atoms with Crippen LogP contribution < -0.4 is 0 Å². The predicted molar refractivity (Wildman–Crippen MR) is 193 cm³/mol. The third-order valence-electron chi connectivity index (χ3n) is 5.93. The summed E-state index contributed by atoms with van der Waals surface area (Å²) in [5, 5.41) is 0.560. The van der Waals surface area contributed by atoms with E-state index in [4.69, 9.17) is 23.7 Å². The van der Waals surface area contributed by atoms with Crippen molar-refractivity contribution in [2.24, 2.45) is 0 Å². The van der Waals surface area contributed by atoms with E-state index in [0.29, 0.717) is 19.4 Å². The Morgan fingerprint density at radius 1 is 0.720 bits per heavy atom. The van der Waals surface area contributed by atoms with Crippen LogP contribution in [0.3, 0.4) is 0 Å². The molecule has 15 heteroatoms. The summed E-state index contributed by atoms with van der Waals surface area (Å²) in [7, 11) is 1.05. The number of fused-ring (bicyclic) bond motifs is 1. The van der Waals surface area contributed by atoms with Gasteiger partial charge in [-0.3, -0.25) is 4.79 Å². The molecule has 0 spiro atoms. The molecule has 0 atom stereocenters. The maximum Gasteiger partial charge on any atom is 0.424 e. The van der Waals surface area contributed by atoms with E-state index in [1.165, 1.54) is 0 Å². The summed E-state index contributed by atoms with van der Waals surface area (Å²) in [4.78, 5) is 82.4. The van der Waals surface area contributed by atoms with Crippen LogP contribution in [0.4, 0.5) is 19.2 Å². The van der Waals surface area contributed by atoms with E-state index in [0.717, 1.165) is 22.7 Å². The van der Waals surface area contributed by atoms with Crippen LogP contribution in [0.1, 0.15) is 100.0 Å². The summed E-state index contributed by atoms with van der Waals surface area (Å²) in [5.74, 6) is -2.01. The fourth-order valence-electron chi connectivity index (χ4n) is 4.19. The first-order valence-corrected chi connectivity index (χ1v) is 16.9. The van der Waals surface area contributed by atoms with Crippen LogP contribution in [0.25, 0.3) is 10.9 Å². The molecule has 0 bridgehead atoms. The zero-order valence-electron chi connectivity index (χ0n) is 31.0. The summed E-state index contributed by atoms with van der Waals surface area (Å²) in [6.45, 7) is 18.9. The molecule has 0 unspecified atom stereocenters. The lowest BCUT2D eigenvalue weighted by Gasteiger charge is -2.29. The van der Waals surface area contributed by atoms with E-state index in [2.05, 4.69) is 0 Å². The van der Waals surface area contributed by atoms with Gasteiger partial charge in [0.2, 0.25) is 0 Å². The number of halogens is 1. The average molecular weight is 814 g/mol. The zero-order chi connectivity index (χ0) is 38.6. The lowest BCUT2D eigenvalue weighted by Crippen LogP contribution is -2.45. The standard InChI is InChI=1S/C35H48IN3O11/c1-32(2,3)47-28(42)37(26(40)25-24(36)21-17-14-15-18-22(21)38(25)29(43)48-33(4,5)6)20-16-19-23(27(41)46-13)39(30(44)49-34(7,8)9)31(45)50-35(10,11)12/h14-15,17-19H,16,20H2,1-13H3/b23-19+. The molecule has 0 saturated heterocycles. The van der Waals surface area contributed by atoms with Crippen molar-refractivity contribution in [3.05, 3.63) is 45.3 Å². The van der Waals surface area contributed by atoms with Crippen molar-refractivity contribution < 1.29 is 52.5 Å². The summed E-state index contributed by atoms with van der Waals surface area (Å²) in [5.41, 5.74) is -4.44. The highest BCUT2D eigenvalue weighted by Gasteiger charge is 2.38. The van der Waals surface area contributed by atoms with Crippen LogP contribution in [0.2, 0.25) is 0 Å². The highest BCUT2D eigenvalue weighted by atomic mass is 127. The highest BCUT2D eigenvalue weighted by Crippen LogP contribution is 2.30. The second-order valence-corrected chi connectivity index (χ2v) is 16.2. The van der Waals surface area contributed by atoms with E-state index < -0.39 is 70.9 Å². The molecule has 4 amide bonds. The number of rotatable bonds is 6. The zero-order valence-corrected chi connectivity index (χ0v) is 33.2. The molecule has 50 heavy (non-hydrogen) atoms. The Hall–Kier alpha value is -4.15. The lowest BCUT2D eigenvalue weighted by atomic mass is 10.2. The molecule has 0 aliphatic rings. The van der Waals surface area contributed by atoms with Crippen LogP contribution in [-0.4, -0.2) is 86.7 Å². The molecular weight excluding hydrogens is 765 g/mol. The number of esters is 1.